The van der Waals surface area contributed by atoms with E-state index in [4.69, 9.17) is 9.84 Å². The molecule has 0 bridgehead atoms. The molecule has 0 aliphatic heterocycles. The summed E-state index contributed by atoms with van der Waals surface area (Å²) in [5, 5.41) is 9.15. The summed E-state index contributed by atoms with van der Waals surface area (Å²) in [4.78, 5) is 0. The summed E-state index contributed by atoms with van der Waals surface area (Å²) in [7, 11) is 1.37. The van der Waals surface area contributed by atoms with Gasteiger partial charge in [0.15, 0.2) is 0 Å². The molecule has 4 heteroatoms. The lowest BCUT2D eigenvalue weighted by atomic mass is 9.93. The first-order valence-electron chi connectivity index (χ1n) is 5.49. The highest BCUT2D eigenvalue weighted by atomic mass is 19.3. The monoisotopic (exact) mass is 244 g/mol. The van der Waals surface area contributed by atoms with Gasteiger partial charge in [0.1, 0.15) is 5.75 Å². The Bertz CT molecular complexity index is 397. The Morgan fingerprint density at radius 3 is 2.41 bits per heavy atom. The van der Waals surface area contributed by atoms with Crippen molar-refractivity contribution in [2.75, 3.05) is 13.7 Å². The molecule has 0 saturated carbocycles. The number of aliphatic hydroxyl groups is 1. The quantitative estimate of drug-likeness (QED) is 0.881. The normalized spacial score (nSPS) is 13.6. The van der Waals surface area contributed by atoms with Crippen LogP contribution in [0.15, 0.2) is 12.1 Å². The Labute approximate surface area is 100 Å². The number of benzene rings is 1. The van der Waals surface area contributed by atoms with Crippen molar-refractivity contribution >= 4 is 0 Å². The van der Waals surface area contributed by atoms with Gasteiger partial charge in [-0.1, -0.05) is 18.6 Å². The van der Waals surface area contributed by atoms with Crippen LogP contribution in [-0.4, -0.2) is 18.8 Å². The predicted molar refractivity (Wildman–Crippen MR) is 62.8 cm³/mol. The van der Waals surface area contributed by atoms with Gasteiger partial charge in [-0.3, -0.25) is 0 Å². The first-order chi connectivity index (χ1) is 7.81. The number of hydrogen-bond donors (Lipinski definition) is 1. The maximum Gasteiger partial charge on any atom is 0.274 e. The molecule has 0 aliphatic rings. The standard InChI is InChI=1S/C13H18F2O2/c1-8-5-10(9(2)7-16)12(17-4)11(6-8)13(3,14)15/h5-6,9,16H,7H2,1-4H3. The van der Waals surface area contributed by atoms with Gasteiger partial charge in [-0.05, 0) is 18.6 Å². The van der Waals surface area contributed by atoms with Crippen LogP contribution in [0.2, 0.25) is 0 Å². The molecule has 17 heavy (non-hydrogen) atoms. The van der Waals surface area contributed by atoms with E-state index in [0.29, 0.717) is 5.56 Å². The number of hydrogen-bond acceptors (Lipinski definition) is 2. The molecule has 96 valence electrons. The average molecular weight is 244 g/mol. The third kappa shape index (κ3) is 2.94. The average Bonchev–Trinajstić information content (AvgIpc) is 2.25. The summed E-state index contributed by atoms with van der Waals surface area (Å²) in [6.45, 7) is 4.27. The van der Waals surface area contributed by atoms with Crippen molar-refractivity contribution in [1.29, 1.82) is 0 Å². The molecule has 0 heterocycles. The number of aliphatic hydroxyl groups excluding tert-OH is 1. The lowest BCUT2D eigenvalue weighted by molar-refractivity contribution is 0.0148. The SMILES string of the molecule is COc1c(C(C)CO)cc(C)cc1C(C)(F)F. The van der Waals surface area contributed by atoms with Crippen LogP contribution < -0.4 is 4.74 Å². The molecule has 0 fully saturated rings. The summed E-state index contributed by atoms with van der Waals surface area (Å²) in [6, 6.07) is 3.20. The van der Waals surface area contributed by atoms with Crippen molar-refractivity contribution < 1.29 is 18.6 Å². The third-order valence-corrected chi connectivity index (χ3v) is 2.74. The Kier molecular flexibility index (Phi) is 4.09. The minimum Gasteiger partial charge on any atom is -0.496 e. The summed E-state index contributed by atoms with van der Waals surface area (Å²) < 4.78 is 32.1. The van der Waals surface area contributed by atoms with E-state index >= 15 is 0 Å². The van der Waals surface area contributed by atoms with Crippen LogP contribution in [0.25, 0.3) is 0 Å². The van der Waals surface area contributed by atoms with Crippen LogP contribution in [-0.2, 0) is 5.92 Å². The van der Waals surface area contributed by atoms with Crippen LogP contribution in [0.5, 0.6) is 5.75 Å². The van der Waals surface area contributed by atoms with E-state index < -0.39 is 5.92 Å². The lowest BCUT2D eigenvalue weighted by Gasteiger charge is -2.21. The molecule has 0 spiro atoms. The zero-order valence-electron chi connectivity index (χ0n) is 10.6. The molecule has 1 unspecified atom stereocenters. The van der Waals surface area contributed by atoms with Crippen molar-refractivity contribution in [2.24, 2.45) is 0 Å². The van der Waals surface area contributed by atoms with Gasteiger partial charge >= 0.3 is 0 Å². The van der Waals surface area contributed by atoms with Crippen LogP contribution in [0.4, 0.5) is 8.78 Å². The highest BCUT2D eigenvalue weighted by Crippen LogP contribution is 2.40. The van der Waals surface area contributed by atoms with Crippen LogP contribution in [0.1, 0.15) is 36.5 Å². The third-order valence-electron chi connectivity index (χ3n) is 2.74. The van der Waals surface area contributed by atoms with Gasteiger partial charge in [0.2, 0.25) is 0 Å². The zero-order valence-corrected chi connectivity index (χ0v) is 10.6. The van der Waals surface area contributed by atoms with Gasteiger partial charge in [-0.15, -0.1) is 0 Å². The second kappa shape index (κ2) is 5.00. The molecule has 0 aromatic heterocycles. The minimum absolute atomic E-state index is 0.103. The van der Waals surface area contributed by atoms with E-state index in [2.05, 4.69) is 0 Å². The van der Waals surface area contributed by atoms with Gasteiger partial charge < -0.3 is 9.84 Å². The first-order valence-corrected chi connectivity index (χ1v) is 5.49. The van der Waals surface area contributed by atoms with Crippen LogP contribution >= 0.6 is 0 Å². The molecule has 1 N–H and O–H groups in total. The second-order valence-electron chi connectivity index (χ2n) is 4.41. The van der Waals surface area contributed by atoms with Crippen molar-refractivity contribution in [2.45, 2.75) is 32.6 Å². The minimum atomic E-state index is -2.96. The van der Waals surface area contributed by atoms with Gasteiger partial charge in [0.05, 0.1) is 12.7 Å². The summed E-state index contributed by atoms with van der Waals surface area (Å²) in [5.74, 6) is -3.02. The molecular formula is C13H18F2O2. The molecule has 1 rings (SSSR count). The fourth-order valence-corrected chi connectivity index (χ4v) is 1.82. The Balaban J connectivity index is 3.46. The first kappa shape index (κ1) is 13.9. The molecule has 2 nitrogen and oxygen atoms in total. The topological polar surface area (TPSA) is 29.5 Å². The van der Waals surface area contributed by atoms with E-state index in [9.17, 15) is 8.78 Å². The largest absolute Gasteiger partial charge is 0.496 e. The van der Waals surface area contributed by atoms with E-state index in [1.54, 1.807) is 19.9 Å². The number of alkyl halides is 2. The lowest BCUT2D eigenvalue weighted by Crippen LogP contribution is -2.13. The fourth-order valence-electron chi connectivity index (χ4n) is 1.82. The molecule has 0 aliphatic carbocycles. The van der Waals surface area contributed by atoms with E-state index in [1.165, 1.54) is 13.2 Å². The van der Waals surface area contributed by atoms with E-state index in [0.717, 1.165) is 12.5 Å². The predicted octanol–water partition coefficient (Wildman–Crippen LogP) is 3.21. The zero-order chi connectivity index (χ0) is 13.2. The second-order valence-corrected chi connectivity index (χ2v) is 4.41. The van der Waals surface area contributed by atoms with Gasteiger partial charge in [0, 0.05) is 19.4 Å². The molecule has 1 aromatic carbocycles. The number of rotatable bonds is 4. The molecule has 1 atom stereocenters. The maximum absolute atomic E-state index is 13.5. The van der Waals surface area contributed by atoms with Gasteiger partial charge in [-0.2, -0.15) is 0 Å². The van der Waals surface area contributed by atoms with Crippen molar-refractivity contribution in [3.05, 3.63) is 28.8 Å². The number of aryl methyl sites for hydroxylation is 1. The fraction of sp³-hybridized carbons (Fsp3) is 0.538. The number of ether oxygens (including phenoxy) is 1. The summed E-state index contributed by atoms with van der Waals surface area (Å²) in [6.07, 6.45) is 0. The molecular weight excluding hydrogens is 226 g/mol. The highest BCUT2D eigenvalue weighted by Gasteiger charge is 2.31. The van der Waals surface area contributed by atoms with Gasteiger partial charge in [0.25, 0.3) is 5.92 Å². The molecule has 0 amide bonds. The Morgan fingerprint density at radius 2 is 2.00 bits per heavy atom. The van der Waals surface area contributed by atoms with E-state index in [-0.39, 0.29) is 23.8 Å². The smallest absolute Gasteiger partial charge is 0.274 e. The summed E-state index contributed by atoms with van der Waals surface area (Å²) in [5.41, 5.74) is 1.22. The van der Waals surface area contributed by atoms with E-state index in [1.807, 2.05) is 0 Å². The molecule has 0 saturated heterocycles. The van der Waals surface area contributed by atoms with Crippen molar-refractivity contribution in [3.8, 4) is 5.75 Å². The number of methoxy groups -OCH3 is 1. The Morgan fingerprint density at radius 1 is 1.41 bits per heavy atom. The van der Waals surface area contributed by atoms with Crippen LogP contribution in [0, 0.1) is 6.92 Å². The van der Waals surface area contributed by atoms with Crippen molar-refractivity contribution in [1.82, 2.24) is 0 Å². The maximum atomic E-state index is 13.5. The Hall–Kier alpha value is -1.16. The molecule has 0 radical (unpaired) electrons. The molecule has 1 aromatic rings. The number of halogens is 2. The van der Waals surface area contributed by atoms with Gasteiger partial charge in [-0.25, -0.2) is 8.78 Å². The van der Waals surface area contributed by atoms with Crippen LogP contribution in [0.3, 0.4) is 0 Å². The highest BCUT2D eigenvalue weighted by molar-refractivity contribution is 5.48. The summed E-state index contributed by atoms with van der Waals surface area (Å²) >= 11 is 0. The van der Waals surface area contributed by atoms with Crippen molar-refractivity contribution in [3.63, 3.8) is 0 Å².